The highest BCUT2D eigenvalue weighted by molar-refractivity contribution is 5.21. The molecule has 1 aromatic rings. The molecule has 1 rings (SSSR count). The molecule has 0 aliphatic carbocycles. The Labute approximate surface area is 54.7 Å². The zero-order valence-electron chi connectivity index (χ0n) is 4.70. The molecule has 1 nitrogen and oxygen atoms in total. The molecule has 0 aliphatic heterocycles. The van der Waals surface area contributed by atoms with Crippen LogP contribution < -0.4 is 5.11 Å². The van der Waals surface area contributed by atoms with Gasteiger partial charge < -0.3 is 5.11 Å². The number of halogens is 3. The summed E-state index contributed by atoms with van der Waals surface area (Å²) in [5.74, 6) is -5.40. The molecular weight excluding hydrogens is 145 g/mol. The van der Waals surface area contributed by atoms with Crippen molar-refractivity contribution >= 4 is 0 Å². The molecule has 0 aromatic heterocycles. The number of benzene rings is 1. The molecule has 54 valence electrons. The standard InChI is InChI=1S/C6H3F3O/c7-4-1-3(10)2-5(8)6(4)9/h1-2,10H/p-1. The lowest BCUT2D eigenvalue weighted by Gasteiger charge is -2.04. The van der Waals surface area contributed by atoms with Crippen molar-refractivity contribution in [3.63, 3.8) is 0 Å². The van der Waals surface area contributed by atoms with Crippen LogP contribution in [0.25, 0.3) is 0 Å². The average Bonchev–Trinajstić information content (AvgIpc) is 1.82. The minimum atomic E-state index is -1.61. The van der Waals surface area contributed by atoms with Crippen LogP contribution in [0.1, 0.15) is 0 Å². The molecule has 0 bridgehead atoms. The van der Waals surface area contributed by atoms with Crippen molar-refractivity contribution in [1.29, 1.82) is 0 Å². The molecule has 0 saturated carbocycles. The first-order valence-electron chi connectivity index (χ1n) is 2.43. The van der Waals surface area contributed by atoms with Crippen LogP contribution in [0.15, 0.2) is 12.1 Å². The Hall–Kier alpha value is -1.19. The maximum atomic E-state index is 12.0. The summed E-state index contributed by atoms with van der Waals surface area (Å²) in [6.07, 6.45) is 0. The van der Waals surface area contributed by atoms with E-state index in [0.29, 0.717) is 12.1 Å². The van der Waals surface area contributed by atoms with Gasteiger partial charge >= 0.3 is 0 Å². The summed E-state index contributed by atoms with van der Waals surface area (Å²) < 4.78 is 36.1. The molecule has 0 radical (unpaired) electrons. The summed E-state index contributed by atoms with van der Waals surface area (Å²) in [5, 5.41) is 10.2. The van der Waals surface area contributed by atoms with Gasteiger partial charge in [-0.2, -0.15) is 0 Å². The zero-order valence-corrected chi connectivity index (χ0v) is 4.70. The fourth-order valence-corrected chi connectivity index (χ4v) is 0.532. The molecule has 0 fully saturated rings. The van der Waals surface area contributed by atoms with Gasteiger partial charge in [0.25, 0.3) is 0 Å². The summed E-state index contributed by atoms with van der Waals surface area (Å²) in [6.45, 7) is 0. The minimum Gasteiger partial charge on any atom is -0.872 e. The first kappa shape index (κ1) is 6.92. The third-order valence-electron chi connectivity index (χ3n) is 0.957. The molecule has 0 aliphatic rings. The average molecular weight is 147 g/mol. The molecule has 0 heterocycles. The van der Waals surface area contributed by atoms with Gasteiger partial charge in [-0.15, -0.1) is 5.75 Å². The third-order valence-corrected chi connectivity index (χ3v) is 0.957. The fraction of sp³-hybridized carbons (Fsp3) is 0. The molecule has 0 spiro atoms. The van der Waals surface area contributed by atoms with Gasteiger partial charge in [-0.05, 0) is 12.1 Å². The maximum Gasteiger partial charge on any atom is 0.194 e. The maximum absolute atomic E-state index is 12.0. The predicted octanol–water partition coefficient (Wildman–Crippen LogP) is 1.18. The van der Waals surface area contributed by atoms with E-state index in [-0.39, 0.29) is 0 Å². The number of rotatable bonds is 0. The Morgan fingerprint density at radius 2 is 1.40 bits per heavy atom. The van der Waals surface area contributed by atoms with Gasteiger partial charge in [0.15, 0.2) is 17.5 Å². The van der Waals surface area contributed by atoms with Crippen LogP contribution in [0, 0.1) is 17.5 Å². The second kappa shape index (κ2) is 2.21. The monoisotopic (exact) mass is 147 g/mol. The van der Waals surface area contributed by atoms with Crippen LogP contribution in [0.3, 0.4) is 0 Å². The van der Waals surface area contributed by atoms with Gasteiger partial charge in [0, 0.05) is 0 Å². The Morgan fingerprint density at radius 1 is 1.00 bits per heavy atom. The molecule has 0 atom stereocenters. The zero-order chi connectivity index (χ0) is 7.72. The Bertz CT molecular complexity index is 236. The van der Waals surface area contributed by atoms with Crippen molar-refractivity contribution in [2.24, 2.45) is 0 Å². The predicted molar refractivity (Wildman–Crippen MR) is 25.8 cm³/mol. The lowest BCUT2D eigenvalue weighted by molar-refractivity contribution is -0.268. The van der Waals surface area contributed by atoms with Crippen LogP contribution in [0.4, 0.5) is 13.2 Å². The van der Waals surface area contributed by atoms with Crippen molar-refractivity contribution in [2.45, 2.75) is 0 Å². The normalized spacial score (nSPS) is 9.90. The van der Waals surface area contributed by atoms with Gasteiger partial charge in [-0.25, -0.2) is 13.2 Å². The van der Waals surface area contributed by atoms with Gasteiger partial charge in [0.05, 0.1) is 0 Å². The van der Waals surface area contributed by atoms with Crippen molar-refractivity contribution in [3.05, 3.63) is 29.6 Å². The number of hydrogen-bond donors (Lipinski definition) is 0. The van der Waals surface area contributed by atoms with E-state index >= 15 is 0 Å². The van der Waals surface area contributed by atoms with Crippen LogP contribution in [0.2, 0.25) is 0 Å². The minimum absolute atomic E-state index is 0.387. The highest BCUT2D eigenvalue weighted by Crippen LogP contribution is 2.14. The Morgan fingerprint density at radius 3 is 1.80 bits per heavy atom. The Balaban J connectivity index is 3.31. The highest BCUT2D eigenvalue weighted by Gasteiger charge is 2.05. The third kappa shape index (κ3) is 1.05. The van der Waals surface area contributed by atoms with E-state index in [0.717, 1.165) is 0 Å². The van der Waals surface area contributed by atoms with Crippen molar-refractivity contribution < 1.29 is 18.3 Å². The number of hydrogen-bond acceptors (Lipinski definition) is 1. The van der Waals surface area contributed by atoms with Crippen LogP contribution in [-0.4, -0.2) is 0 Å². The molecule has 1 aromatic carbocycles. The van der Waals surface area contributed by atoms with E-state index in [2.05, 4.69) is 0 Å². The molecule has 0 N–H and O–H groups in total. The summed E-state index contributed by atoms with van der Waals surface area (Å²) >= 11 is 0. The van der Waals surface area contributed by atoms with Crippen molar-refractivity contribution in [3.8, 4) is 5.75 Å². The van der Waals surface area contributed by atoms with Gasteiger partial charge in [-0.1, -0.05) is 0 Å². The SMILES string of the molecule is [O-]c1cc(F)c(F)c(F)c1. The largest absolute Gasteiger partial charge is 0.872 e. The second-order valence-electron chi connectivity index (χ2n) is 1.70. The quantitative estimate of drug-likeness (QED) is 0.505. The highest BCUT2D eigenvalue weighted by atomic mass is 19.2. The smallest absolute Gasteiger partial charge is 0.194 e. The lowest BCUT2D eigenvalue weighted by atomic mass is 10.3. The van der Waals surface area contributed by atoms with E-state index in [1.54, 1.807) is 0 Å². The van der Waals surface area contributed by atoms with E-state index in [1.165, 1.54) is 0 Å². The second-order valence-corrected chi connectivity index (χ2v) is 1.70. The first-order chi connectivity index (χ1) is 4.61. The van der Waals surface area contributed by atoms with Crippen LogP contribution >= 0.6 is 0 Å². The van der Waals surface area contributed by atoms with E-state index in [9.17, 15) is 18.3 Å². The van der Waals surface area contributed by atoms with E-state index in [4.69, 9.17) is 0 Å². The van der Waals surface area contributed by atoms with Gasteiger partial charge in [0.1, 0.15) is 0 Å². The molecular formula is C6H2F3O-. The summed E-state index contributed by atoms with van der Waals surface area (Å²) in [4.78, 5) is 0. The van der Waals surface area contributed by atoms with Crippen molar-refractivity contribution in [1.82, 2.24) is 0 Å². The molecule has 0 amide bonds. The van der Waals surface area contributed by atoms with Crippen LogP contribution in [-0.2, 0) is 0 Å². The molecule has 4 heteroatoms. The first-order valence-corrected chi connectivity index (χ1v) is 2.43. The summed E-state index contributed by atoms with van der Waals surface area (Å²) in [7, 11) is 0. The molecule has 0 saturated heterocycles. The summed E-state index contributed by atoms with van der Waals surface area (Å²) in [6, 6.07) is 0.775. The van der Waals surface area contributed by atoms with E-state index < -0.39 is 23.2 Å². The molecule has 10 heavy (non-hydrogen) atoms. The van der Waals surface area contributed by atoms with Crippen LogP contribution in [0.5, 0.6) is 5.75 Å². The summed E-state index contributed by atoms with van der Waals surface area (Å²) in [5.41, 5.74) is 0. The topological polar surface area (TPSA) is 23.1 Å². The van der Waals surface area contributed by atoms with E-state index in [1.807, 2.05) is 0 Å². The Kier molecular flexibility index (Phi) is 1.53. The van der Waals surface area contributed by atoms with Gasteiger partial charge in [-0.3, -0.25) is 0 Å². The molecule has 0 unspecified atom stereocenters. The lowest BCUT2D eigenvalue weighted by Crippen LogP contribution is -1.95. The fourth-order valence-electron chi connectivity index (χ4n) is 0.532. The van der Waals surface area contributed by atoms with Gasteiger partial charge in [0.2, 0.25) is 0 Å². The van der Waals surface area contributed by atoms with Crippen molar-refractivity contribution in [2.75, 3.05) is 0 Å².